The lowest BCUT2D eigenvalue weighted by Crippen LogP contribution is -2.49. The zero-order valence-electron chi connectivity index (χ0n) is 11.5. The van der Waals surface area contributed by atoms with Gasteiger partial charge in [-0.3, -0.25) is 9.69 Å². The molecule has 0 aromatic carbocycles. The first-order chi connectivity index (χ1) is 9.13. The van der Waals surface area contributed by atoms with E-state index in [9.17, 15) is 9.59 Å². The van der Waals surface area contributed by atoms with Crippen LogP contribution in [0.1, 0.15) is 26.2 Å². The van der Waals surface area contributed by atoms with Crippen LogP contribution in [-0.2, 0) is 14.3 Å². The Kier molecular flexibility index (Phi) is 4.76. The van der Waals surface area contributed by atoms with Crippen molar-refractivity contribution in [2.45, 2.75) is 38.3 Å². The highest BCUT2D eigenvalue weighted by molar-refractivity contribution is 6.01. The molecule has 108 valence electrons. The predicted octanol–water partition coefficient (Wildman–Crippen LogP) is -0.426. The van der Waals surface area contributed by atoms with Crippen LogP contribution < -0.4 is 5.73 Å². The number of carbonyl (C=O) groups excluding carboxylic acids is 2. The third-order valence-corrected chi connectivity index (χ3v) is 3.94. The maximum Gasteiger partial charge on any atom is 0.332 e. The molecular weight excluding hydrogens is 246 g/mol. The minimum Gasteiger partial charge on any atom is -0.464 e. The molecule has 0 radical (unpaired) electrons. The molecule has 2 saturated heterocycles. The highest BCUT2D eigenvalue weighted by atomic mass is 16.5. The van der Waals surface area contributed by atoms with Crippen LogP contribution in [0.25, 0.3) is 0 Å². The van der Waals surface area contributed by atoms with Crippen molar-refractivity contribution in [3.8, 4) is 0 Å². The van der Waals surface area contributed by atoms with E-state index < -0.39 is 12.0 Å². The first-order valence-electron chi connectivity index (χ1n) is 7.08. The van der Waals surface area contributed by atoms with E-state index in [-0.39, 0.29) is 12.5 Å². The van der Waals surface area contributed by atoms with Crippen LogP contribution in [0.3, 0.4) is 0 Å². The van der Waals surface area contributed by atoms with Gasteiger partial charge in [0.2, 0.25) is 0 Å². The molecule has 19 heavy (non-hydrogen) atoms. The van der Waals surface area contributed by atoms with Crippen LogP contribution in [0.5, 0.6) is 0 Å². The largest absolute Gasteiger partial charge is 0.464 e. The van der Waals surface area contributed by atoms with Gasteiger partial charge in [-0.25, -0.2) is 4.79 Å². The van der Waals surface area contributed by atoms with Crippen molar-refractivity contribution in [2.75, 3.05) is 32.8 Å². The van der Waals surface area contributed by atoms with Gasteiger partial charge in [0.15, 0.2) is 6.04 Å². The number of carbonyl (C=O) groups is 2. The summed E-state index contributed by atoms with van der Waals surface area (Å²) in [6.07, 6.45) is 3.46. The third kappa shape index (κ3) is 3.25. The monoisotopic (exact) mass is 269 g/mol. The number of nitrogens with two attached hydrogens (primary N) is 1. The van der Waals surface area contributed by atoms with Gasteiger partial charge < -0.3 is 15.4 Å². The molecule has 2 N–H and O–H groups in total. The van der Waals surface area contributed by atoms with Gasteiger partial charge in [-0.1, -0.05) is 0 Å². The number of hydrogen-bond acceptors (Lipinski definition) is 5. The molecule has 2 rings (SSSR count). The molecule has 2 heterocycles. The molecule has 0 aromatic rings. The van der Waals surface area contributed by atoms with Gasteiger partial charge in [-0.15, -0.1) is 0 Å². The molecule has 2 fully saturated rings. The van der Waals surface area contributed by atoms with Gasteiger partial charge in [0.1, 0.15) is 0 Å². The minimum atomic E-state index is -1.17. The van der Waals surface area contributed by atoms with E-state index >= 15 is 0 Å². The Morgan fingerprint density at radius 2 is 2.00 bits per heavy atom. The fraction of sp³-hybridized carbons (Fsp3) is 0.846. The number of ether oxygens (including phenoxy) is 1. The van der Waals surface area contributed by atoms with Crippen molar-refractivity contribution < 1.29 is 14.3 Å². The van der Waals surface area contributed by atoms with Crippen LogP contribution in [0.15, 0.2) is 0 Å². The SMILES string of the molecule is CCOC(=O)C(N)C(=O)N1CCC(N2CCCC2)C1. The highest BCUT2D eigenvalue weighted by Crippen LogP contribution is 2.20. The number of likely N-dealkylation sites (tertiary alicyclic amines) is 2. The van der Waals surface area contributed by atoms with E-state index in [2.05, 4.69) is 4.90 Å². The summed E-state index contributed by atoms with van der Waals surface area (Å²) in [5, 5.41) is 0. The Morgan fingerprint density at radius 1 is 1.32 bits per heavy atom. The fourth-order valence-corrected chi connectivity index (χ4v) is 2.88. The molecule has 0 aromatic heterocycles. The minimum absolute atomic E-state index is 0.246. The average Bonchev–Trinajstić information content (AvgIpc) is 3.07. The second-order valence-corrected chi connectivity index (χ2v) is 5.20. The van der Waals surface area contributed by atoms with E-state index in [4.69, 9.17) is 10.5 Å². The summed E-state index contributed by atoms with van der Waals surface area (Å²) in [7, 11) is 0. The standard InChI is InChI=1S/C13H23N3O3/c1-2-19-13(18)11(14)12(17)16-8-5-10(9-16)15-6-3-4-7-15/h10-11H,2-9,14H2,1H3. The van der Waals surface area contributed by atoms with Crippen molar-refractivity contribution in [1.82, 2.24) is 9.80 Å². The zero-order chi connectivity index (χ0) is 13.8. The summed E-state index contributed by atoms with van der Waals surface area (Å²) in [5.74, 6) is -0.933. The second kappa shape index (κ2) is 6.34. The average molecular weight is 269 g/mol. The van der Waals surface area contributed by atoms with Crippen LogP contribution in [0.2, 0.25) is 0 Å². The van der Waals surface area contributed by atoms with Gasteiger partial charge in [0, 0.05) is 19.1 Å². The molecule has 2 atom stereocenters. The van der Waals surface area contributed by atoms with Crippen molar-refractivity contribution in [3.05, 3.63) is 0 Å². The number of hydrogen-bond donors (Lipinski definition) is 1. The van der Waals surface area contributed by atoms with Gasteiger partial charge in [-0.05, 0) is 39.3 Å². The smallest absolute Gasteiger partial charge is 0.332 e. The molecular formula is C13H23N3O3. The normalized spacial score (nSPS) is 25.6. The maximum atomic E-state index is 12.1. The number of rotatable bonds is 4. The van der Waals surface area contributed by atoms with Gasteiger partial charge in [0.25, 0.3) is 5.91 Å². The first kappa shape index (κ1) is 14.3. The molecule has 2 aliphatic heterocycles. The summed E-state index contributed by atoms with van der Waals surface area (Å²) in [6.45, 7) is 5.57. The molecule has 6 heteroatoms. The van der Waals surface area contributed by atoms with Gasteiger partial charge in [0.05, 0.1) is 6.61 Å². The predicted molar refractivity (Wildman–Crippen MR) is 70.4 cm³/mol. The van der Waals surface area contributed by atoms with E-state index in [1.54, 1.807) is 11.8 Å². The Bertz CT molecular complexity index is 342. The first-order valence-corrected chi connectivity index (χ1v) is 7.08. The molecule has 2 aliphatic rings. The lowest BCUT2D eigenvalue weighted by Gasteiger charge is -2.24. The number of nitrogens with zero attached hydrogens (tertiary/aromatic N) is 2. The Hall–Kier alpha value is -1.14. The summed E-state index contributed by atoms with van der Waals surface area (Å²) in [4.78, 5) is 27.7. The van der Waals surface area contributed by atoms with Crippen molar-refractivity contribution in [3.63, 3.8) is 0 Å². The van der Waals surface area contributed by atoms with E-state index in [1.165, 1.54) is 12.8 Å². The Morgan fingerprint density at radius 3 is 2.63 bits per heavy atom. The summed E-state index contributed by atoms with van der Waals surface area (Å²) >= 11 is 0. The molecule has 0 aliphatic carbocycles. The van der Waals surface area contributed by atoms with Crippen LogP contribution in [0, 0.1) is 0 Å². The fourth-order valence-electron chi connectivity index (χ4n) is 2.88. The van der Waals surface area contributed by atoms with Crippen molar-refractivity contribution in [1.29, 1.82) is 0 Å². The van der Waals surface area contributed by atoms with Crippen molar-refractivity contribution >= 4 is 11.9 Å². The molecule has 0 saturated carbocycles. The van der Waals surface area contributed by atoms with E-state index in [1.807, 2.05) is 0 Å². The number of esters is 1. The third-order valence-electron chi connectivity index (χ3n) is 3.94. The molecule has 1 amide bonds. The van der Waals surface area contributed by atoms with Gasteiger partial charge in [-0.2, -0.15) is 0 Å². The second-order valence-electron chi connectivity index (χ2n) is 5.20. The maximum absolute atomic E-state index is 12.1. The summed E-state index contributed by atoms with van der Waals surface area (Å²) in [5.41, 5.74) is 5.65. The lowest BCUT2D eigenvalue weighted by molar-refractivity contribution is -0.150. The van der Waals surface area contributed by atoms with Crippen LogP contribution >= 0.6 is 0 Å². The van der Waals surface area contributed by atoms with Crippen LogP contribution in [0.4, 0.5) is 0 Å². The molecule has 0 bridgehead atoms. The number of amides is 1. The lowest BCUT2D eigenvalue weighted by atomic mass is 10.2. The van der Waals surface area contributed by atoms with Gasteiger partial charge >= 0.3 is 5.97 Å². The van der Waals surface area contributed by atoms with E-state index in [0.717, 1.165) is 19.5 Å². The van der Waals surface area contributed by atoms with Crippen LogP contribution in [-0.4, -0.2) is 66.5 Å². The Balaban J connectivity index is 1.85. The summed E-state index contributed by atoms with van der Waals surface area (Å²) in [6, 6.07) is -0.738. The topological polar surface area (TPSA) is 75.9 Å². The zero-order valence-corrected chi connectivity index (χ0v) is 11.5. The Labute approximate surface area is 113 Å². The van der Waals surface area contributed by atoms with Crippen molar-refractivity contribution in [2.24, 2.45) is 5.73 Å². The highest BCUT2D eigenvalue weighted by Gasteiger charge is 2.35. The quantitative estimate of drug-likeness (QED) is 0.554. The molecule has 6 nitrogen and oxygen atoms in total. The summed E-state index contributed by atoms with van der Waals surface area (Å²) < 4.78 is 4.79. The molecule has 0 spiro atoms. The van der Waals surface area contributed by atoms with E-state index in [0.29, 0.717) is 19.1 Å². The molecule has 2 unspecified atom stereocenters.